The molecule has 0 saturated carbocycles. The Kier molecular flexibility index (Phi) is 8.16. The molecule has 1 aromatic carbocycles. The van der Waals surface area contributed by atoms with Gasteiger partial charge in [0, 0.05) is 34.7 Å². The lowest BCUT2D eigenvalue weighted by Crippen LogP contribution is -2.35. The van der Waals surface area contributed by atoms with E-state index in [1.165, 1.54) is 22.3 Å². The maximum Gasteiger partial charge on any atom is 0.195 e. The standard InChI is InChI=1S/C16H27N3.HI/c1-12-10-13(2)15(14(3)11-12)8-9-17-16(18(4)5)19(6)7;/h10-11H,8-9H2,1-7H3;1H. The maximum absolute atomic E-state index is 4.69. The number of halogens is 1. The minimum Gasteiger partial charge on any atom is -0.349 e. The van der Waals surface area contributed by atoms with Crippen LogP contribution in [-0.4, -0.2) is 50.5 Å². The molecule has 4 heteroatoms. The molecular formula is C16H28IN3. The molecule has 0 aliphatic heterocycles. The Morgan fingerprint density at radius 3 is 1.80 bits per heavy atom. The van der Waals surface area contributed by atoms with Crippen molar-refractivity contribution in [1.82, 2.24) is 9.80 Å². The van der Waals surface area contributed by atoms with E-state index < -0.39 is 0 Å². The van der Waals surface area contributed by atoms with Crippen molar-refractivity contribution in [2.45, 2.75) is 27.2 Å². The average molecular weight is 389 g/mol. The minimum absolute atomic E-state index is 0. The Balaban J connectivity index is 0.00000361. The molecule has 0 fully saturated rings. The van der Waals surface area contributed by atoms with Crippen LogP contribution in [0.5, 0.6) is 0 Å². The van der Waals surface area contributed by atoms with Crippen LogP contribution in [0, 0.1) is 20.8 Å². The summed E-state index contributed by atoms with van der Waals surface area (Å²) in [7, 11) is 8.12. The lowest BCUT2D eigenvalue weighted by Gasteiger charge is -2.22. The first-order valence-electron chi connectivity index (χ1n) is 6.78. The first-order chi connectivity index (χ1) is 8.82. The Morgan fingerprint density at radius 2 is 1.40 bits per heavy atom. The van der Waals surface area contributed by atoms with Crippen molar-refractivity contribution < 1.29 is 0 Å². The van der Waals surface area contributed by atoms with E-state index in [-0.39, 0.29) is 24.0 Å². The van der Waals surface area contributed by atoms with Crippen LogP contribution in [0.25, 0.3) is 0 Å². The summed E-state index contributed by atoms with van der Waals surface area (Å²) in [6.07, 6.45) is 1.00. The van der Waals surface area contributed by atoms with Gasteiger partial charge in [0.05, 0.1) is 0 Å². The fraction of sp³-hybridized carbons (Fsp3) is 0.562. The highest BCUT2D eigenvalue weighted by atomic mass is 127. The van der Waals surface area contributed by atoms with E-state index in [4.69, 9.17) is 4.99 Å². The predicted octanol–water partition coefficient (Wildman–Crippen LogP) is 3.25. The van der Waals surface area contributed by atoms with Crippen molar-refractivity contribution in [1.29, 1.82) is 0 Å². The molecule has 0 spiro atoms. The van der Waals surface area contributed by atoms with E-state index in [1.807, 2.05) is 28.2 Å². The van der Waals surface area contributed by atoms with Crippen LogP contribution in [-0.2, 0) is 6.42 Å². The summed E-state index contributed by atoms with van der Waals surface area (Å²) in [5.74, 6) is 1.02. The zero-order valence-electron chi connectivity index (χ0n) is 13.8. The number of nitrogens with zero attached hydrogens (tertiary/aromatic N) is 3. The van der Waals surface area contributed by atoms with Gasteiger partial charge in [0.25, 0.3) is 0 Å². The van der Waals surface area contributed by atoms with E-state index in [1.54, 1.807) is 0 Å². The normalized spacial score (nSPS) is 9.75. The molecule has 0 aliphatic rings. The molecule has 20 heavy (non-hydrogen) atoms. The van der Waals surface area contributed by atoms with Gasteiger partial charge in [-0.25, -0.2) is 0 Å². The van der Waals surface area contributed by atoms with Crippen LogP contribution in [0.15, 0.2) is 17.1 Å². The largest absolute Gasteiger partial charge is 0.349 e. The second-order valence-corrected chi connectivity index (χ2v) is 5.60. The lowest BCUT2D eigenvalue weighted by atomic mass is 9.97. The van der Waals surface area contributed by atoms with Crippen LogP contribution >= 0.6 is 24.0 Å². The monoisotopic (exact) mass is 389 g/mol. The van der Waals surface area contributed by atoms with Gasteiger partial charge in [-0.1, -0.05) is 17.7 Å². The van der Waals surface area contributed by atoms with E-state index in [0.717, 1.165) is 18.9 Å². The van der Waals surface area contributed by atoms with Gasteiger partial charge in [-0.2, -0.15) is 0 Å². The molecule has 0 radical (unpaired) electrons. The highest BCUT2D eigenvalue weighted by molar-refractivity contribution is 14.0. The minimum atomic E-state index is 0. The third kappa shape index (κ3) is 5.31. The van der Waals surface area contributed by atoms with Gasteiger partial charge in [-0.15, -0.1) is 24.0 Å². The fourth-order valence-corrected chi connectivity index (χ4v) is 2.55. The van der Waals surface area contributed by atoms with Gasteiger partial charge >= 0.3 is 0 Å². The zero-order chi connectivity index (χ0) is 14.6. The molecule has 0 N–H and O–H groups in total. The third-order valence-electron chi connectivity index (χ3n) is 3.26. The second kappa shape index (κ2) is 8.49. The predicted molar refractivity (Wildman–Crippen MR) is 99.4 cm³/mol. The summed E-state index contributed by atoms with van der Waals surface area (Å²) in [6.45, 7) is 7.37. The number of rotatable bonds is 3. The summed E-state index contributed by atoms with van der Waals surface area (Å²) >= 11 is 0. The second-order valence-electron chi connectivity index (χ2n) is 5.60. The molecule has 114 valence electrons. The van der Waals surface area contributed by atoms with Gasteiger partial charge in [-0.05, 0) is 43.9 Å². The highest BCUT2D eigenvalue weighted by Gasteiger charge is 2.06. The Labute approximate surface area is 141 Å². The van der Waals surface area contributed by atoms with Crippen molar-refractivity contribution in [3.63, 3.8) is 0 Å². The molecule has 0 heterocycles. The van der Waals surface area contributed by atoms with Crippen LogP contribution in [0.2, 0.25) is 0 Å². The van der Waals surface area contributed by atoms with Gasteiger partial charge < -0.3 is 9.80 Å². The molecule has 0 saturated heterocycles. The van der Waals surface area contributed by atoms with Crippen LogP contribution in [0.1, 0.15) is 22.3 Å². The SMILES string of the molecule is Cc1cc(C)c(CCN=C(N(C)C)N(C)C)c(C)c1.I. The maximum atomic E-state index is 4.69. The number of hydrogen-bond donors (Lipinski definition) is 0. The Hall–Kier alpha value is -0.780. The average Bonchev–Trinajstić information content (AvgIpc) is 2.25. The molecule has 0 atom stereocenters. The number of aryl methyl sites for hydroxylation is 3. The van der Waals surface area contributed by atoms with Gasteiger partial charge in [0.1, 0.15) is 0 Å². The van der Waals surface area contributed by atoms with Gasteiger partial charge in [0.2, 0.25) is 0 Å². The van der Waals surface area contributed by atoms with Crippen molar-refractivity contribution in [3.8, 4) is 0 Å². The molecule has 1 rings (SSSR count). The molecular weight excluding hydrogens is 361 g/mol. The summed E-state index contributed by atoms with van der Waals surface area (Å²) in [6, 6.07) is 4.51. The molecule has 0 aliphatic carbocycles. The summed E-state index contributed by atoms with van der Waals surface area (Å²) < 4.78 is 0. The van der Waals surface area contributed by atoms with Crippen molar-refractivity contribution in [3.05, 3.63) is 34.4 Å². The molecule has 1 aromatic rings. The summed E-state index contributed by atoms with van der Waals surface area (Å²) in [4.78, 5) is 8.79. The number of hydrogen-bond acceptors (Lipinski definition) is 1. The number of guanidine groups is 1. The Morgan fingerprint density at radius 1 is 0.950 bits per heavy atom. The summed E-state index contributed by atoms with van der Waals surface area (Å²) in [5.41, 5.74) is 5.53. The molecule has 3 nitrogen and oxygen atoms in total. The van der Waals surface area contributed by atoms with E-state index >= 15 is 0 Å². The van der Waals surface area contributed by atoms with E-state index in [9.17, 15) is 0 Å². The van der Waals surface area contributed by atoms with Crippen LogP contribution < -0.4 is 0 Å². The lowest BCUT2D eigenvalue weighted by molar-refractivity contribution is 0.479. The number of aliphatic imine (C=N–C) groups is 1. The topological polar surface area (TPSA) is 18.8 Å². The highest BCUT2D eigenvalue weighted by Crippen LogP contribution is 2.17. The first kappa shape index (κ1) is 19.2. The smallest absolute Gasteiger partial charge is 0.195 e. The van der Waals surface area contributed by atoms with Gasteiger partial charge in [0.15, 0.2) is 5.96 Å². The quantitative estimate of drug-likeness (QED) is 0.449. The zero-order valence-corrected chi connectivity index (χ0v) is 16.1. The summed E-state index contributed by atoms with van der Waals surface area (Å²) in [5, 5.41) is 0. The van der Waals surface area contributed by atoms with E-state index in [2.05, 4.69) is 42.7 Å². The van der Waals surface area contributed by atoms with Crippen LogP contribution in [0.3, 0.4) is 0 Å². The number of benzene rings is 1. The van der Waals surface area contributed by atoms with Gasteiger partial charge in [-0.3, -0.25) is 4.99 Å². The van der Waals surface area contributed by atoms with Crippen molar-refractivity contribution in [2.24, 2.45) is 4.99 Å². The molecule has 0 unspecified atom stereocenters. The molecule has 0 bridgehead atoms. The Bertz CT molecular complexity index is 432. The van der Waals surface area contributed by atoms with Crippen molar-refractivity contribution >= 4 is 29.9 Å². The van der Waals surface area contributed by atoms with E-state index in [0.29, 0.717) is 0 Å². The third-order valence-corrected chi connectivity index (χ3v) is 3.26. The van der Waals surface area contributed by atoms with Crippen molar-refractivity contribution in [2.75, 3.05) is 34.7 Å². The first-order valence-corrected chi connectivity index (χ1v) is 6.78. The fourth-order valence-electron chi connectivity index (χ4n) is 2.55. The molecule has 0 amide bonds. The molecule has 0 aromatic heterocycles. The van der Waals surface area contributed by atoms with Crippen LogP contribution in [0.4, 0.5) is 0 Å².